The summed E-state index contributed by atoms with van der Waals surface area (Å²) < 4.78 is 59.9. The topological polar surface area (TPSA) is 173 Å². The van der Waals surface area contributed by atoms with E-state index in [9.17, 15) is 27.1 Å². The highest BCUT2D eigenvalue weighted by Gasteiger charge is 2.59. The molecule has 12 nitrogen and oxygen atoms in total. The van der Waals surface area contributed by atoms with E-state index in [2.05, 4.69) is 15.3 Å². The zero-order valence-corrected chi connectivity index (χ0v) is 21.0. The summed E-state index contributed by atoms with van der Waals surface area (Å²) in [5.74, 6) is -3.83. The number of benzene rings is 1. The van der Waals surface area contributed by atoms with Crippen LogP contribution in [0.1, 0.15) is 12.6 Å². The Balaban J connectivity index is 0.000000178. The van der Waals surface area contributed by atoms with Crippen molar-refractivity contribution in [2.45, 2.75) is 35.7 Å². The lowest BCUT2D eigenvalue weighted by molar-refractivity contribution is -0.140. The standard InChI is InChI=1S/C14H17N3O2S.C9H11F2N3O4/c18-20(19,17-9-2-6-15-8-10-17)14-4-1-3-12-11-16-7-5-13(12)14;10-9(11)6(16)4(3-15)18-7(9)14-2-1-5(12)13-8(14)17/h1,3-5,7,11,15H,2,6,8-10H2;1-2,4,6-7,15-16H,3H2,(H2,12,13,17)/t;4-,6-,7-/m.1/s1. The van der Waals surface area contributed by atoms with Crippen LogP contribution in [0.5, 0.6) is 0 Å². The molecule has 2 aromatic heterocycles. The summed E-state index contributed by atoms with van der Waals surface area (Å²) in [6.07, 6.45) is -0.526. The number of sulfonamides is 1. The van der Waals surface area contributed by atoms with Crippen LogP contribution in [-0.2, 0) is 14.8 Å². The van der Waals surface area contributed by atoms with Gasteiger partial charge in [-0.05, 0) is 31.2 Å². The Kier molecular flexibility index (Phi) is 8.34. The number of rotatable bonds is 4. The van der Waals surface area contributed by atoms with E-state index < -0.39 is 46.7 Å². The van der Waals surface area contributed by atoms with Gasteiger partial charge >= 0.3 is 11.6 Å². The van der Waals surface area contributed by atoms with Crippen molar-refractivity contribution in [3.63, 3.8) is 0 Å². The van der Waals surface area contributed by atoms with Crippen molar-refractivity contribution in [1.82, 2.24) is 24.2 Å². The van der Waals surface area contributed by atoms with Crippen LogP contribution in [0.2, 0.25) is 0 Å². The number of pyridine rings is 1. The number of nitrogen functional groups attached to an aromatic ring is 1. The summed E-state index contributed by atoms with van der Waals surface area (Å²) in [6, 6.07) is 8.24. The molecule has 0 amide bonds. The van der Waals surface area contributed by atoms with Gasteiger partial charge in [-0.3, -0.25) is 9.55 Å². The maximum atomic E-state index is 13.7. The summed E-state index contributed by atoms with van der Waals surface area (Å²) in [5.41, 5.74) is 4.21. The van der Waals surface area contributed by atoms with Crippen molar-refractivity contribution in [3.8, 4) is 0 Å². The highest BCUT2D eigenvalue weighted by atomic mass is 32.2. The Morgan fingerprint density at radius 3 is 2.71 bits per heavy atom. The second-order valence-electron chi connectivity index (χ2n) is 8.73. The van der Waals surface area contributed by atoms with Crippen LogP contribution in [0.25, 0.3) is 10.8 Å². The Labute approximate surface area is 216 Å². The number of fused-ring (bicyclic) bond motifs is 1. The van der Waals surface area contributed by atoms with E-state index >= 15 is 0 Å². The molecule has 2 fully saturated rings. The first-order valence-corrected chi connectivity index (χ1v) is 13.2. The predicted octanol–water partition coefficient (Wildman–Crippen LogP) is -0.0698. The van der Waals surface area contributed by atoms with Gasteiger partial charge in [0.1, 0.15) is 11.9 Å². The number of ether oxygens (including phenoxy) is 1. The molecule has 15 heteroatoms. The molecule has 5 N–H and O–H groups in total. The van der Waals surface area contributed by atoms with E-state index in [1.165, 1.54) is 0 Å². The summed E-state index contributed by atoms with van der Waals surface area (Å²) in [7, 11) is -3.45. The van der Waals surface area contributed by atoms with Crippen LogP contribution < -0.4 is 16.7 Å². The molecule has 1 aromatic carbocycles. The van der Waals surface area contributed by atoms with Crippen LogP contribution in [-0.4, -0.2) is 88.4 Å². The number of nitrogens with two attached hydrogens (primary N) is 1. The van der Waals surface area contributed by atoms with Gasteiger partial charge in [0.25, 0.3) is 0 Å². The molecular weight excluding hydrogens is 526 g/mol. The van der Waals surface area contributed by atoms with E-state index in [4.69, 9.17) is 15.6 Å². The van der Waals surface area contributed by atoms with Crippen molar-refractivity contribution in [2.75, 3.05) is 38.5 Å². The quantitative estimate of drug-likeness (QED) is 0.342. The van der Waals surface area contributed by atoms with Gasteiger partial charge in [-0.2, -0.15) is 18.1 Å². The molecule has 3 atom stereocenters. The van der Waals surface area contributed by atoms with Crippen LogP contribution in [0.4, 0.5) is 14.6 Å². The van der Waals surface area contributed by atoms with Gasteiger partial charge in [0.2, 0.25) is 16.3 Å². The lowest BCUT2D eigenvalue weighted by atomic mass is 10.1. The highest BCUT2D eigenvalue weighted by molar-refractivity contribution is 7.89. The van der Waals surface area contributed by atoms with E-state index in [1.807, 2.05) is 6.07 Å². The molecule has 0 spiro atoms. The van der Waals surface area contributed by atoms with Crippen LogP contribution in [0.15, 0.2) is 58.6 Å². The van der Waals surface area contributed by atoms with Crippen molar-refractivity contribution >= 4 is 26.6 Å². The smallest absolute Gasteiger partial charge is 0.351 e. The first-order chi connectivity index (χ1) is 18.1. The molecule has 0 aliphatic carbocycles. The molecule has 2 aliphatic heterocycles. The second kappa shape index (κ2) is 11.3. The third kappa shape index (κ3) is 5.52. The van der Waals surface area contributed by atoms with Crippen LogP contribution >= 0.6 is 0 Å². The molecule has 0 unspecified atom stereocenters. The molecule has 3 aromatic rings. The SMILES string of the molecule is Nc1ccn([C@@H]2O[C@H](CO)[C@@H](O)C2(F)F)c(=O)n1.O=S(=O)(c1cccc2cnccc12)N1CCCNCC1. The minimum atomic E-state index is -3.71. The Bertz CT molecular complexity index is 1430. The third-order valence-electron chi connectivity index (χ3n) is 6.22. The molecule has 4 heterocycles. The molecule has 2 aliphatic rings. The molecule has 0 bridgehead atoms. The third-order valence-corrected chi connectivity index (χ3v) is 8.18. The molecule has 2 saturated heterocycles. The summed E-state index contributed by atoms with van der Waals surface area (Å²) in [4.78, 5) is 19.1. The Morgan fingerprint density at radius 1 is 1.21 bits per heavy atom. The minimum Gasteiger partial charge on any atom is -0.394 e. The second-order valence-corrected chi connectivity index (χ2v) is 10.6. The van der Waals surface area contributed by atoms with Gasteiger partial charge in [0.15, 0.2) is 6.10 Å². The van der Waals surface area contributed by atoms with Gasteiger partial charge < -0.3 is 26.0 Å². The fourth-order valence-electron chi connectivity index (χ4n) is 4.24. The molecule has 38 heavy (non-hydrogen) atoms. The maximum Gasteiger partial charge on any atom is 0.351 e. The number of aliphatic hydroxyl groups excluding tert-OH is 2. The van der Waals surface area contributed by atoms with E-state index in [1.54, 1.807) is 34.9 Å². The largest absolute Gasteiger partial charge is 0.394 e. The fourth-order valence-corrected chi connectivity index (χ4v) is 5.93. The molecule has 5 rings (SSSR count). The van der Waals surface area contributed by atoms with Crippen molar-refractivity contribution in [3.05, 3.63) is 59.4 Å². The lowest BCUT2D eigenvalue weighted by Gasteiger charge is -2.20. The summed E-state index contributed by atoms with van der Waals surface area (Å²) >= 11 is 0. The Morgan fingerprint density at radius 2 is 2.00 bits per heavy atom. The molecular formula is C23H28F2N6O6S. The number of aliphatic hydroxyl groups is 2. The number of nitrogens with one attached hydrogen (secondary N) is 1. The number of hydrogen-bond acceptors (Lipinski definition) is 10. The van der Waals surface area contributed by atoms with Crippen LogP contribution in [0.3, 0.4) is 0 Å². The fraction of sp³-hybridized carbons (Fsp3) is 0.435. The molecule has 0 saturated carbocycles. The number of anilines is 1. The Hall–Kier alpha value is -3.08. The number of alkyl halides is 2. The molecule has 0 radical (unpaired) electrons. The normalized spacial score (nSPS) is 23.9. The average molecular weight is 555 g/mol. The minimum absolute atomic E-state index is 0.114. The van der Waals surface area contributed by atoms with Gasteiger partial charge in [0, 0.05) is 49.0 Å². The first-order valence-electron chi connectivity index (χ1n) is 11.8. The van der Waals surface area contributed by atoms with Gasteiger partial charge in [-0.15, -0.1) is 0 Å². The number of aromatic nitrogens is 3. The van der Waals surface area contributed by atoms with Crippen molar-refractivity contribution < 1.29 is 32.1 Å². The monoisotopic (exact) mass is 554 g/mol. The zero-order chi connectivity index (χ0) is 27.5. The van der Waals surface area contributed by atoms with Crippen LogP contribution in [0, 0.1) is 0 Å². The maximum absolute atomic E-state index is 13.7. The van der Waals surface area contributed by atoms with Crippen molar-refractivity contribution in [2.24, 2.45) is 0 Å². The van der Waals surface area contributed by atoms with Crippen molar-refractivity contribution in [1.29, 1.82) is 0 Å². The average Bonchev–Trinajstić information content (AvgIpc) is 3.08. The first kappa shape index (κ1) is 27.9. The number of nitrogens with zero attached hydrogens (tertiary/aromatic N) is 4. The highest BCUT2D eigenvalue weighted by Crippen LogP contribution is 2.41. The van der Waals surface area contributed by atoms with E-state index in [0.717, 1.165) is 36.0 Å². The van der Waals surface area contributed by atoms with Gasteiger partial charge in [-0.25, -0.2) is 13.2 Å². The van der Waals surface area contributed by atoms with Gasteiger partial charge in [0.05, 0.1) is 11.5 Å². The van der Waals surface area contributed by atoms with Gasteiger partial charge in [-0.1, -0.05) is 12.1 Å². The predicted molar refractivity (Wildman–Crippen MR) is 133 cm³/mol. The number of hydrogen-bond donors (Lipinski definition) is 4. The summed E-state index contributed by atoms with van der Waals surface area (Å²) in [6.45, 7) is 1.86. The zero-order valence-electron chi connectivity index (χ0n) is 20.2. The van der Waals surface area contributed by atoms with E-state index in [-0.39, 0.29) is 5.82 Å². The summed E-state index contributed by atoms with van der Waals surface area (Å²) in [5, 5.41) is 22.9. The number of halogens is 2. The van der Waals surface area contributed by atoms with E-state index in [0.29, 0.717) is 29.1 Å². The lowest BCUT2D eigenvalue weighted by Crippen LogP contribution is -2.41. The molecule has 206 valence electrons.